The fraction of sp³-hybridized carbons (Fsp3) is 0.769. The van der Waals surface area contributed by atoms with Gasteiger partial charge in [0.2, 0.25) is 0 Å². The third-order valence-electron chi connectivity index (χ3n) is 2.62. The Bertz CT molecular complexity index is 353. The number of methoxy groups -OCH3 is 1. The molecule has 0 aliphatic carbocycles. The van der Waals surface area contributed by atoms with Crippen molar-refractivity contribution in [2.75, 3.05) is 7.11 Å². The van der Waals surface area contributed by atoms with Crippen molar-refractivity contribution in [1.29, 1.82) is 0 Å². The lowest BCUT2D eigenvalue weighted by molar-refractivity contribution is 0.110. The molecule has 4 heteroatoms. The van der Waals surface area contributed by atoms with Crippen molar-refractivity contribution in [3.8, 4) is 5.75 Å². The van der Waals surface area contributed by atoms with Crippen LogP contribution in [0, 0.1) is 5.41 Å². The van der Waals surface area contributed by atoms with E-state index in [0.717, 1.165) is 18.7 Å². The van der Waals surface area contributed by atoms with Gasteiger partial charge in [-0.15, -0.1) is 0 Å². The summed E-state index contributed by atoms with van der Waals surface area (Å²) in [7, 11) is 1.61. The van der Waals surface area contributed by atoms with E-state index in [9.17, 15) is 5.11 Å². The monoisotopic (exact) mass is 240 g/mol. The highest BCUT2D eigenvalue weighted by Gasteiger charge is 2.24. The second-order valence-electron chi connectivity index (χ2n) is 5.60. The molecular formula is C13H24N2O2. The van der Waals surface area contributed by atoms with E-state index >= 15 is 0 Å². The Kier molecular flexibility index (Phi) is 4.57. The molecule has 1 heterocycles. The summed E-state index contributed by atoms with van der Waals surface area (Å²) < 4.78 is 7.11. The third kappa shape index (κ3) is 3.73. The predicted octanol–water partition coefficient (Wildman–Crippen LogP) is 2.77. The first-order valence-electron chi connectivity index (χ1n) is 6.16. The van der Waals surface area contributed by atoms with Crippen LogP contribution in [-0.4, -0.2) is 22.0 Å². The first kappa shape index (κ1) is 14.0. The van der Waals surface area contributed by atoms with E-state index in [1.165, 1.54) is 0 Å². The van der Waals surface area contributed by atoms with Crippen LogP contribution >= 0.6 is 0 Å². The van der Waals surface area contributed by atoms with E-state index < -0.39 is 6.10 Å². The fourth-order valence-electron chi connectivity index (χ4n) is 1.94. The number of aromatic nitrogens is 2. The number of ether oxygens (including phenoxy) is 1. The van der Waals surface area contributed by atoms with Crippen LogP contribution < -0.4 is 4.74 Å². The van der Waals surface area contributed by atoms with Gasteiger partial charge in [0.25, 0.3) is 0 Å². The zero-order valence-electron chi connectivity index (χ0n) is 11.5. The molecule has 0 fully saturated rings. The van der Waals surface area contributed by atoms with Gasteiger partial charge in [-0.2, -0.15) is 5.10 Å². The quantitative estimate of drug-likeness (QED) is 0.861. The Morgan fingerprint density at radius 3 is 2.59 bits per heavy atom. The van der Waals surface area contributed by atoms with E-state index in [0.29, 0.717) is 12.2 Å². The van der Waals surface area contributed by atoms with E-state index in [1.807, 2.05) is 4.68 Å². The van der Waals surface area contributed by atoms with Gasteiger partial charge in [-0.05, 0) is 18.3 Å². The summed E-state index contributed by atoms with van der Waals surface area (Å²) >= 11 is 0. The van der Waals surface area contributed by atoms with Crippen LogP contribution in [0.1, 0.15) is 52.3 Å². The molecule has 0 aliphatic rings. The first-order chi connectivity index (χ1) is 7.89. The smallest absolute Gasteiger partial charge is 0.162 e. The molecule has 0 saturated heterocycles. The molecule has 1 atom stereocenters. The molecule has 17 heavy (non-hydrogen) atoms. The third-order valence-corrected chi connectivity index (χ3v) is 2.62. The van der Waals surface area contributed by atoms with Crippen molar-refractivity contribution in [1.82, 2.24) is 9.78 Å². The normalized spacial score (nSPS) is 13.8. The Morgan fingerprint density at radius 1 is 1.47 bits per heavy atom. The van der Waals surface area contributed by atoms with Crippen LogP contribution in [0.25, 0.3) is 0 Å². The van der Waals surface area contributed by atoms with Crippen LogP contribution in [0.5, 0.6) is 5.75 Å². The van der Waals surface area contributed by atoms with Gasteiger partial charge in [-0.1, -0.05) is 27.7 Å². The van der Waals surface area contributed by atoms with Crippen LogP contribution in [0.2, 0.25) is 0 Å². The molecule has 0 radical (unpaired) electrons. The van der Waals surface area contributed by atoms with Crippen molar-refractivity contribution in [2.45, 2.75) is 53.2 Å². The van der Waals surface area contributed by atoms with Gasteiger partial charge in [-0.25, -0.2) is 0 Å². The lowest BCUT2D eigenvalue weighted by Gasteiger charge is -2.23. The minimum absolute atomic E-state index is 0.0751. The van der Waals surface area contributed by atoms with E-state index in [1.54, 1.807) is 13.3 Å². The number of aryl methyl sites for hydroxylation is 1. The minimum Gasteiger partial charge on any atom is -0.493 e. The van der Waals surface area contributed by atoms with E-state index in [4.69, 9.17) is 4.74 Å². The first-order valence-corrected chi connectivity index (χ1v) is 6.16. The molecule has 1 rings (SSSR count). The molecule has 1 aromatic rings. The molecular weight excluding hydrogens is 216 g/mol. The maximum absolute atomic E-state index is 10.3. The molecule has 1 N–H and O–H groups in total. The summed E-state index contributed by atoms with van der Waals surface area (Å²) in [6.45, 7) is 9.24. The Hall–Kier alpha value is -1.03. The fourth-order valence-corrected chi connectivity index (χ4v) is 1.94. The standard InChI is InChI=1S/C13H24N2O2/c1-6-7-15-12(11(17-5)9-14-15)10(16)8-13(2,3)4/h9-10,16H,6-8H2,1-5H3. The molecule has 1 unspecified atom stereocenters. The van der Waals surface area contributed by atoms with Crippen LogP contribution in [0.15, 0.2) is 6.20 Å². The largest absolute Gasteiger partial charge is 0.493 e. The molecule has 0 aliphatic heterocycles. The van der Waals surface area contributed by atoms with Gasteiger partial charge in [0, 0.05) is 6.54 Å². The second kappa shape index (κ2) is 5.54. The average molecular weight is 240 g/mol. The molecule has 0 aromatic carbocycles. The molecule has 98 valence electrons. The molecule has 1 aromatic heterocycles. The highest BCUT2D eigenvalue weighted by molar-refractivity contribution is 5.27. The van der Waals surface area contributed by atoms with Crippen molar-refractivity contribution < 1.29 is 9.84 Å². The molecule has 4 nitrogen and oxygen atoms in total. The van der Waals surface area contributed by atoms with Gasteiger partial charge < -0.3 is 9.84 Å². The lowest BCUT2D eigenvalue weighted by atomic mass is 9.88. The van der Waals surface area contributed by atoms with Gasteiger partial charge in [-0.3, -0.25) is 4.68 Å². The number of rotatable bonds is 5. The number of nitrogens with zero attached hydrogens (tertiary/aromatic N) is 2. The summed E-state index contributed by atoms with van der Waals surface area (Å²) in [4.78, 5) is 0. The SMILES string of the molecule is CCCn1ncc(OC)c1C(O)CC(C)(C)C. The number of hydrogen-bond acceptors (Lipinski definition) is 3. The van der Waals surface area contributed by atoms with Crippen molar-refractivity contribution in [3.63, 3.8) is 0 Å². The topological polar surface area (TPSA) is 47.3 Å². The minimum atomic E-state index is -0.529. The van der Waals surface area contributed by atoms with Crippen LogP contribution in [0.3, 0.4) is 0 Å². The lowest BCUT2D eigenvalue weighted by Crippen LogP contribution is -2.16. The van der Waals surface area contributed by atoms with Crippen LogP contribution in [-0.2, 0) is 6.54 Å². The summed E-state index contributed by atoms with van der Waals surface area (Å²) in [5.74, 6) is 0.676. The van der Waals surface area contributed by atoms with E-state index in [2.05, 4.69) is 32.8 Å². The number of aliphatic hydroxyl groups is 1. The van der Waals surface area contributed by atoms with Gasteiger partial charge >= 0.3 is 0 Å². The highest BCUT2D eigenvalue weighted by Crippen LogP contribution is 2.33. The number of hydrogen-bond donors (Lipinski definition) is 1. The molecule has 0 amide bonds. The summed E-state index contributed by atoms with van der Waals surface area (Å²) in [6.07, 6.45) is 2.83. The van der Waals surface area contributed by atoms with Crippen LogP contribution in [0.4, 0.5) is 0 Å². The Labute approximate surface area is 104 Å². The zero-order valence-corrected chi connectivity index (χ0v) is 11.5. The number of aliphatic hydroxyl groups excluding tert-OH is 1. The summed E-state index contributed by atoms with van der Waals surface area (Å²) in [5, 5.41) is 14.6. The van der Waals surface area contributed by atoms with E-state index in [-0.39, 0.29) is 5.41 Å². The average Bonchev–Trinajstić information content (AvgIpc) is 2.58. The molecule has 0 spiro atoms. The Morgan fingerprint density at radius 2 is 2.12 bits per heavy atom. The summed E-state index contributed by atoms with van der Waals surface area (Å²) in [5.41, 5.74) is 0.871. The van der Waals surface area contributed by atoms with Gasteiger partial charge in [0.05, 0.1) is 19.4 Å². The predicted molar refractivity (Wildman–Crippen MR) is 68.1 cm³/mol. The van der Waals surface area contributed by atoms with Gasteiger partial charge in [0.15, 0.2) is 5.75 Å². The molecule has 0 saturated carbocycles. The molecule has 0 bridgehead atoms. The summed E-state index contributed by atoms with van der Waals surface area (Å²) in [6, 6.07) is 0. The maximum Gasteiger partial charge on any atom is 0.162 e. The van der Waals surface area contributed by atoms with Crippen molar-refractivity contribution in [2.24, 2.45) is 5.41 Å². The zero-order chi connectivity index (χ0) is 13.1. The second-order valence-corrected chi connectivity index (χ2v) is 5.60. The van der Waals surface area contributed by atoms with Crippen molar-refractivity contribution in [3.05, 3.63) is 11.9 Å². The Balaban J connectivity index is 2.96. The van der Waals surface area contributed by atoms with Crippen molar-refractivity contribution >= 4 is 0 Å². The van der Waals surface area contributed by atoms with Gasteiger partial charge in [0.1, 0.15) is 5.69 Å². The highest BCUT2D eigenvalue weighted by atomic mass is 16.5. The maximum atomic E-state index is 10.3.